The Bertz CT molecular complexity index is 1200. The van der Waals surface area contributed by atoms with E-state index in [1.165, 1.54) is 0 Å². The first kappa shape index (κ1) is 21.8. The number of aryl methyl sites for hydroxylation is 1. The second-order valence-corrected chi connectivity index (χ2v) is 8.92. The Morgan fingerprint density at radius 2 is 1.55 bits per heavy atom. The number of halogens is 1. The molecule has 0 saturated heterocycles. The lowest BCUT2D eigenvalue weighted by atomic mass is 9.99. The molecule has 0 saturated carbocycles. The number of unbranched alkanes of at least 4 members (excludes halogenated alkanes) is 1. The van der Waals surface area contributed by atoms with Gasteiger partial charge in [0.2, 0.25) is 0 Å². The van der Waals surface area contributed by atoms with E-state index in [1.807, 2.05) is 42.5 Å². The lowest BCUT2D eigenvalue weighted by Crippen LogP contribution is -1.92. The minimum atomic E-state index is -2.08. The zero-order valence-electron chi connectivity index (χ0n) is 16.9. The first-order chi connectivity index (χ1) is 15.0. The van der Waals surface area contributed by atoms with Crippen LogP contribution in [0.1, 0.15) is 24.1 Å². The fourth-order valence-corrected chi connectivity index (χ4v) is 4.51. The van der Waals surface area contributed by atoms with Crippen molar-refractivity contribution in [3.63, 3.8) is 0 Å². The Morgan fingerprint density at radius 1 is 0.903 bits per heavy atom. The number of aromatic amines is 1. The van der Waals surface area contributed by atoms with Crippen molar-refractivity contribution in [1.29, 1.82) is 0 Å². The molecular formula is C25H23ClNO3S-. The molecule has 3 aromatic carbocycles. The standard InChI is InChI=1S/C25H24ClNO3S/c26-24-15-25-21(13-22(27-25)3-1-2-12-28)14-23(24)20-10-8-19(9-11-20)18-6-4-17(5-7-18)16-31(29)30/h4-11,13-15,27-28H,1-3,12,16H2,(H,29,30)/p-1. The molecule has 0 aliphatic carbocycles. The summed E-state index contributed by atoms with van der Waals surface area (Å²) in [7, 11) is 0. The maximum atomic E-state index is 10.8. The molecular weight excluding hydrogens is 430 g/mol. The van der Waals surface area contributed by atoms with Crippen molar-refractivity contribution in [2.45, 2.75) is 25.0 Å². The summed E-state index contributed by atoms with van der Waals surface area (Å²) in [5.41, 5.74) is 7.05. The van der Waals surface area contributed by atoms with E-state index in [0.29, 0.717) is 5.02 Å². The zero-order valence-corrected chi connectivity index (χ0v) is 18.5. The fourth-order valence-electron chi connectivity index (χ4n) is 3.77. The van der Waals surface area contributed by atoms with Crippen LogP contribution in [0, 0.1) is 0 Å². The normalized spacial score (nSPS) is 12.4. The second-order valence-electron chi connectivity index (χ2n) is 7.62. The van der Waals surface area contributed by atoms with Crippen LogP contribution in [0.25, 0.3) is 33.2 Å². The fraction of sp³-hybridized carbons (Fsp3) is 0.200. The SMILES string of the molecule is O=S([O-])Cc1ccc(-c2ccc(-c3cc4cc(CCCCO)[nH]c4cc3Cl)cc2)cc1. The summed E-state index contributed by atoms with van der Waals surface area (Å²) < 4.78 is 21.7. The predicted molar refractivity (Wildman–Crippen MR) is 127 cm³/mol. The molecule has 1 heterocycles. The molecule has 0 spiro atoms. The van der Waals surface area contributed by atoms with Crippen LogP contribution in [0.3, 0.4) is 0 Å². The summed E-state index contributed by atoms with van der Waals surface area (Å²) in [5.74, 6) is 0.0303. The van der Waals surface area contributed by atoms with Crippen molar-refractivity contribution < 1.29 is 13.9 Å². The number of benzene rings is 3. The van der Waals surface area contributed by atoms with Gasteiger partial charge in [0.1, 0.15) is 0 Å². The molecule has 4 aromatic rings. The highest BCUT2D eigenvalue weighted by Gasteiger charge is 2.09. The van der Waals surface area contributed by atoms with Gasteiger partial charge in [0.25, 0.3) is 0 Å². The monoisotopic (exact) mass is 452 g/mol. The molecule has 0 bridgehead atoms. The van der Waals surface area contributed by atoms with Gasteiger partial charge in [0.15, 0.2) is 0 Å². The van der Waals surface area contributed by atoms with Crippen molar-refractivity contribution in [1.82, 2.24) is 4.98 Å². The van der Waals surface area contributed by atoms with E-state index in [2.05, 4.69) is 29.2 Å². The van der Waals surface area contributed by atoms with Crippen LogP contribution in [-0.4, -0.2) is 25.5 Å². The molecule has 6 heteroatoms. The molecule has 31 heavy (non-hydrogen) atoms. The summed E-state index contributed by atoms with van der Waals surface area (Å²) in [6.07, 6.45) is 2.65. The summed E-state index contributed by atoms with van der Waals surface area (Å²) in [6, 6.07) is 22.0. The van der Waals surface area contributed by atoms with Gasteiger partial charge < -0.3 is 14.6 Å². The number of aromatic nitrogens is 1. The van der Waals surface area contributed by atoms with Crippen LogP contribution >= 0.6 is 11.6 Å². The first-order valence-electron chi connectivity index (χ1n) is 10.2. The molecule has 4 rings (SSSR count). The van der Waals surface area contributed by atoms with Crippen LogP contribution in [0.5, 0.6) is 0 Å². The molecule has 2 N–H and O–H groups in total. The second kappa shape index (κ2) is 9.79. The molecule has 1 unspecified atom stereocenters. The summed E-state index contributed by atoms with van der Waals surface area (Å²) in [4.78, 5) is 3.42. The summed E-state index contributed by atoms with van der Waals surface area (Å²) in [6.45, 7) is 0.220. The molecule has 1 atom stereocenters. The van der Waals surface area contributed by atoms with Gasteiger partial charge in [-0.05, 0) is 59.7 Å². The lowest BCUT2D eigenvalue weighted by Gasteiger charge is -2.09. The highest BCUT2D eigenvalue weighted by atomic mass is 35.5. The summed E-state index contributed by atoms with van der Waals surface area (Å²) >= 11 is 4.51. The number of aliphatic hydroxyl groups excluding tert-OH is 1. The van der Waals surface area contributed by atoms with Crippen LogP contribution in [0.2, 0.25) is 5.02 Å². The number of hydrogen-bond acceptors (Lipinski definition) is 3. The summed E-state index contributed by atoms with van der Waals surface area (Å²) in [5, 5.41) is 10.8. The van der Waals surface area contributed by atoms with Crippen LogP contribution in [-0.2, 0) is 23.3 Å². The van der Waals surface area contributed by atoms with Crippen molar-refractivity contribution in [2.24, 2.45) is 0 Å². The van der Waals surface area contributed by atoms with E-state index in [-0.39, 0.29) is 12.4 Å². The molecule has 4 nitrogen and oxygen atoms in total. The zero-order chi connectivity index (χ0) is 21.8. The van der Waals surface area contributed by atoms with Gasteiger partial charge in [0, 0.05) is 34.5 Å². The largest absolute Gasteiger partial charge is 0.772 e. The van der Waals surface area contributed by atoms with Gasteiger partial charge in [-0.15, -0.1) is 0 Å². The number of rotatable bonds is 8. The number of nitrogens with one attached hydrogen (secondary N) is 1. The Labute approximate surface area is 189 Å². The third-order valence-electron chi connectivity index (χ3n) is 5.39. The Kier molecular flexibility index (Phi) is 6.88. The van der Waals surface area contributed by atoms with E-state index in [4.69, 9.17) is 16.7 Å². The molecule has 0 aliphatic rings. The smallest absolute Gasteiger partial charge is 0.0505 e. The Hall–Kier alpha value is -2.44. The lowest BCUT2D eigenvalue weighted by molar-refractivity contribution is 0.284. The third-order valence-corrected chi connectivity index (χ3v) is 6.27. The van der Waals surface area contributed by atoms with Gasteiger partial charge >= 0.3 is 0 Å². The Balaban J connectivity index is 1.56. The average molecular weight is 453 g/mol. The maximum absolute atomic E-state index is 10.8. The third kappa shape index (κ3) is 5.25. The number of aliphatic hydroxyl groups is 1. The average Bonchev–Trinajstić information content (AvgIpc) is 3.15. The topological polar surface area (TPSA) is 76.2 Å². The Morgan fingerprint density at radius 3 is 2.19 bits per heavy atom. The van der Waals surface area contributed by atoms with E-state index in [9.17, 15) is 8.76 Å². The molecule has 0 amide bonds. The van der Waals surface area contributed by atoms with Crippen molar-refractivity contribution >= 4 is 33.6 Å². The molecule has 1 aromatic heterocycles. The molecule has 0 radical (unpaired) electrons. The quantitative estimate of drug-likeness (QED) is 0.260. The number of hydrogen-bond donors (Lipinski definition) is 2. The van der Waals surface area contributed by atoms with E-state index >= 15 is 0 Å². The van der Waals surface area contributed by atoms with Crippen LogP contribution < -0.4 is 0 Å². The van der Waals surface area contributed by atoms with E-state index in [1.54, 1.807) is 0 Å². The minimum Gasteiger partial charge on any atom is -0.772 e. The first-order valence-corrected chi connectivity index (χ1v) is 11.8. The highest BCUT2D eigenvalue weighted by Crippen LogP contribution is 2.34. The van der Waals surface area contributed by atoms with Crippen molar-refractivity contribution in [3.8, 4) is 22.3 Å². The van der Waals surface area contributed by atoms with Crippen molar-refractivity contribution in [3.05, 3.63) is 83.0 Å². The van der Waals surface area contributed by atoms with Gasteiger partial charge in [-0.3, -0.25) is 4.21 Å². The highest BCUT2D eigenvalue weighted by molar-refractivity contribution is 7.78. The molecule has 0 aliphatic heterocycles. The van der Waals surface area contributed by atoms with Gasteiger partial charge in [-0.1, -0.05) is 71.2 Å². The van der Waals surface area contributed by atoms with Crippen LogP contribution in [0.4, 0.5) is 0 Å². The molecule has 160 valence electrons. The van der Waals surface area contributed by atoms with Gasteiger partial charge in [-0.25, -0.2) is 0 Å². The predicted octanol–water partition coefficient (Wildman–Crippen LogP) is 5.85. The van der Waals surface area contributed by atoms with E-state index < -0.39 is 11.1 Å². The maximum Gasteiger partial charge on any atom is 0.0505 e. The molecule has 0 fully saturated rings. The minimum absolute atomic E-state index is 0.0303. The number of H-pyrrole nitrogens is 1. The van der Waals surface area contributed by atoms with Gasteiger partial charge in [-0.2, -0.15) is 0 Å². The van der Waals surface area contributed by atoms with Gasteiger partial charge in [0.05, 0.1) is 5.02 Å². The number of fused-ring (bicyclic) bond motifs is 1. The van der Waals surface area contributed by atoms with Crippen molar-refractivity contribution in [2.75, 3.05) is 6.61 Å². The van der Waals surface area contributed by atoms with Crippen LogP contribution in [0.15, 0.2) is 66.7 Å². The van der Waals surface area contributed by atoms with E-state index in [0.717, 1.165) is 63.7 Å².